The highest BCUT2D eigenvalue weighted by atomic mass is 79.9. The number of anilines is 1. The highest BCUT2D eigenvalue weighted by Gasteiger charge is 2.28. The molecule has 1 aliphatic rings. The quantitative estimate of drug-likeness (QED) is 0.476. The summed E-state index contributed by atoms with van der Waals surface area (Å²) in [4.78, 5) is 15.1. The van der Waals surface area contributed by atoms with E-state index >= 15 is 0 Å². The number of Topliss-reactive ketones (excluding diaryl/α,β-unsaturated/α-hetero) is 1. The average molecular weight is 460 g/mol. The first kappa shape index (κ1) is 18.7. The predicted molar refractivity (Wildman–Crippen MR) is 106 cm³/mol. The molecule has 8 heteroatoms. The van der Waals surface area contributed by atoms with Crippen LogP contribution in [0.15, 0.2) is 18.2 Å². The maximum atomic E-state index is 12.5. The van der Waals surface area contributed by atoms with E-state index in [0.29, 0.717) is 57.9 Å². The average Bonchev–Trinajstić information content (AvgIpc) is 3.01. The van der Waals surface area contributed by atoms with E-state index in [1.54, 1.807) is 18.2 Å². The second-order valence-electron chi connectivity index (χ2n) is 5.38. The first-order chi connectivity index (χ1) is 12.1. The van der Waals surface area contributed by atoms with Gasteiger partial charge in [0.25, 0.3) is 0 Å². The second kappa shape index (κ2) is 8.07. The number of hydrogen-bond acceptors (Lipinski definition) is 5. The number of ketones is 1. The number of nitriles is 1. The number of rotatable bonds is 4. The van der Waals surface area contributed by atoms with Gasteiger partial charge in [0, 0.05) is 34.3 Å². The number of morpholine rings is 1. The Morgan fingerprint density at radius 2 is 2.08 bits per heavy atom. The molecule has 3 rings (SSSR count). The summed E-state index contributed by atoms with van der Waals surface area (Å²) in [6.07, 6.45) is 0. The van der Waals surface area contributed by atoms with E-state index in [1.165, 1.54) is 11.3 Å². The van der Waals surface area contributed by atoms with Gasteiger partial charge < -0.3 is 9.64 Å². The van der Waals surface area contributed by atoms with Gasteiger partial charge in [-0.3, -0.25) is 4.79 Å². The predicted octanol–water partition coefficient (Wildman–Crippen LogP) is 5.01. The number of nitrogens with zero attached hydrogens (tertiary/aromatic N) is 2. The van der Waals surface area contributed by atoms with Crippen LogP contribution < -0.4 is 4.90 Å². The fraction of sp³-hybridized carbons (Fsp3) is 0.294. The number of carbonyl (C=O) groups is 1. The Bertz CT molecular complexity index is 857. The smallest absolute Gasteiger partial charge is 0.184 e. The van der Waals surface area contributed by atoms with Crippen molar-refractivity contribution in [2.75, 3.05) is 36.5 Å². The molecule has 0 spiro atoms. The van der Waals surface area contributed by atoms with Gasteiger partial charge in [-0.1, -0.05) is 45.2 Å². The van der Waals surface area contributed by atoms with E-state index in [4.69, 9.17) is 27.9 Å². The summed E-state index contributed by atoms with van der Waals surface area (Å²) in [5.41, 5.74) is 1.70. The van der Waals surface area contributed by atoms with Gasteiger partial charge in [0.2, 0.25) is 0 Å². The summed E-state index contributed by atoms with van der Waals surface area (Å²) >= 11 is 16.9. The maximum absolute atomic E-state index is 12.5. The number of ether oxygens (including phenoxy) is 1. The first-order valence-electron chi connectivity index (χ1n) is 7.51. The molecule has 1 aromatic carbocycles. The van der Waals surface area contributed by atoms with Crippen LogP contribution in [0, 0.1) is 11.3 Å². The van der Waals surface area contributed by atoms with E-state index < -0.39 is 0 Å². The van der Waals surface area contributed by atoms with Crippen LogP contribution in [-0.4, -0.2) is 37.4 Å². The molecule has 0 bridgehead atoms. The van der Waals surface area contributed by atoms with Gasteiger partial charge in [0.15, 0.2) is 5.78 Å². The minimum Gasteiger partial charge on any atom is -0.378 e. The minimum absolute atomic E-state index is 0.0815. The zero-order chi connectivity index (χ0) is 18.0. The molecule has 0 amide bonds. The molecule has 2 aromatic rings. The first-order valence-corrected chi connectivity index (χ1v) is 10.2. The number of carbonyl (C=O) groups excluding carboxylic acids is 1. The van der Waals surface area contributed by atoms with Gasteiger partial charge in [-0.05, 0) is 12.1 Å². The van der Waals surface area contributed by atoms with Crippen LogP contribution in [0.3, 0.4) is 0 Å². The molecule has 0 aliphatic carbocycles. The highest BCUT2D eigenvalue weighted by Crippen LogP contribution is 2.45. The van der Waals surface area contributed by atoms with E-state index in [9.17, 15) is 10.1 Å². The standard InChI is InChI=1S/C17H13BrCl2N2O2S/c18-8-14(23)16-15(11-2-1-10(19)7-13(11)20)12(9-21)17(25-16)22-3-5-24-6-4-22/h1-2,7H,3-6,8H2. The molecule has 0 radical (unpaired) electrons. The Morgan fingerprint density at radius 3 is 2.68 bits per heavy atom. The topological polar surface area (TPSA) is 53.3 Å². The minimum atomic E-state index is -0.0815. The van der Waals surface area contributed by atoms with Crippen LogP contribution in [-0.2, 0) is 4.74 Å². The number of hydrogen-bond donors (Lipinski definition) is 0. The molecule has 2 heterocycles. The Kier molecular flexibility index (Phi) is 6.03. The van der Waals surface area contributed by atoms with Crippen LogP contribution in [0.2, 0.25) is 10.0 Å². The zero-order valence-electron chi connectivity index (χ0n) is 13.0. The van der Waals surface area contributed by atoms with Crippen LogP contribution in [0.4, 0.5) is 5.00 Å². The molecule has 0 unspecified atom stereocenters. The number of halogens is 3. The third kappa shape index (κ3) is 3.71. The number of thiophene rings is 1. The second-order valence-corrected chi connectivity index (χ2v) is 7.78. The fourth-order valence-corrected chi connectivity index (χ4v) is 4.94. The third-order valence-corrected chi connectivity index (χ3v) is 6.22. The molecule has 0 atom stereocenters. The molecule has 1 aromatic heterocycles. The van der Waals surface area contributed by atoms with Crippen LogP contribution in [0.25, 0.3) is 11.1 Å². The van der Waals surface area contributed by atoms with Crippen LogP contribution in [0.1, 0.15) is 15.2 Å². The van der Waals surface area contributed by atoms with E-state index in [-0.39, 0.29) is 11.1 Å². The van der Waals surface area contributed by atoms with Crippen LogP contribution in [0.5, 0.6) is 0 Å². The van der Waals surface area contributed by atoms with Gasteiger partial charge in [-0.2, -0.15) is 5.26 Å². The fourth-order valence-electron chi connectivity index (χ4n) is 2.72. The lowest BCUT2D eigenvalue weighted by Gasteiger charge is -2.27. The highest BCUT2D eigenvalue weighted by molar-refractivity contribution is 9.09. The maximum Gasteiger partial charge on any atom is 0.184 e. The van der Waals surface area contributed by atoms with Gasteiger partial charge in [-0.15, -0.1) is 11.3 Å². The summed E-state index contributed by atoms with van der Waals surface area (Å²) < 4.78 is 5.39. The van der Waals surface area contributed by atoms with Crippen molar-refractivity contribution < 1.29 is 9.53 Å². The monoisotopic (exact) mass is 458 g/mol. The van der Waals surface area contributed by atoms with Crippen molar-refractivity contribution in [3.63, 3.8) is 0 Å². The van der Waals surface area contributed by atoms with E-state index in [0.717, 1.165) is 5.00 Å². The third-order valence-electron chi connectivity index (χ3n) is 3.87. The Balaban J connectivity index is 2.22. The van der Waals surface area contributed by atoms with Crippen molar-refractivity contribution in [1.29, 1.82) is 5.26 Å². The Morgan fingerprint density at radius 1 is 1.36 bits per heavy atom. The lowest BCUT2D eigenvalue weighted by molar-refractivity contribution is 0.102. The SMILES string of the molecule is N#Cc1c(N2CCOCC2)sc(C(=O)CBr)c1-c1ccc(Cl)cc1Cl. The molecule has 1 fully saturated rings. The van der Waals surface area contributed by atoms with Crippen molar-refractivity contribution in [2.45, 2.75) is 0 Å². The molecular formula is C17H13BrCl2N2O2S. The van der Waals surface area contributed by atoms with Crippen molar-refractivity contribution in [3.8, 4) is 17.2 Å². The lowest BCUT2D eigenvalue weighted by Crippen LogP contribution is -2.36. The summed E-state index contributed by atoms with van der Waals surface area (Å²) in [7, 11) is 0. The van der Waals surface area contributed by atoms with Crippen molar-refractivity contribution in [2.24, 2.45) is 0 Å². The molecular weight excluding hydrogens is 447 g/mol. The van der Waals surface area contributed by atoms with Crippen molar-refractivity contribution in [1.82, 2.24) is 0 Å². The molecule has 130 valence electrons. The normalized spacial score (nSPS) is 14.4. The van der Waals surface area contributed by atoms with Gasteiger partial charge in [0.05, 0.1) is 29.0 Å². The molecule has 1 saturated heterocycles. The van der Waals surface area contributed by atoms with Crippen molar-refractivity contribution in [3.05, 3.63) is 38.7 Å². The van der Waals surface area contributed by atoms with Gasteiger partial charge >= 0.3 is 0 Å². The van der Waals surface area contributed by atoms with E-state index in [1.807, 2.05) is 0 Å². The van der Waals surface area contributed by atoms with Crippen molar-refractivity contribution >= 4 is 61.3 Å². The summed E-state index contributed by atoms with van der Waals surface area (Å²) in [6.45, 7) is 2.57. The van der Waals surface area contributed by atoms with Gasteiger partial charge in [0.1, 0.15) is 11.1 Å². The zero-order valence-corrected chi connectivity index (χ0v) is 16.9. The number of alkyl halides is 1. The summed E-state index contributed by atoms with van der Waals surface area (Å²) in [6, 6.07) is 7.35. The largest absolute Gasteiger partial charge is 0.378 e. The van der Waals surface area contributed by atoms with E-state index in [2.05, 4.69) is 26.9 Å². The summed E-state index contributed by atoms with van der Waals surface area (Å²) in [5.74, 6) is -0.0815. The number of benzene rings is 1. The molecule has 0 saturated carbocycles. The molecule has 0 N–H and O–H groups in total. The molecule has 1 aliphatic heterocycles. The van der Waals surface area contributed by atoms with Crippen LogP contribution >= 0.6 is 50.5 Å². The summed E-state index contributed by atoms with van der Waals surface area (Å²) in [5, 5.41) is 11.7. The Labute approximate surface area is 168 Å². The van der Waals surface area contributed by atoms with Gasteiger partial charge in [-0.25, -0.2) is 0 Å². The molecule has 25 heavy (non-hydrogen) atoms. The Hall–Kier alpha value is -1.10. The molecule has 4 nitrogen and oxygen atoms in total. The lowest BCUT2D eigenvalue weighted by atomic mass is 10.00.